The molecule has 6 nitrogen and oxygen atoms in total. The van der Waals surface area contributed by atoms with Gasteiger partial charge in [-0.25, -0.2) is 10.2 Å². The molecule has 2 saturated heterocycles. The maximum atomic E-state index is 12.1. The largest absolute Gasteiger partial charge is 0.338 e. The molecule has 2 aliphatic rings. The van der Waals surface area contributed by atoms with E-state index in [2.05, 4.69) is 16.2 Å². The van der Waals surface area contributed by atoms with Crippen LogP contribution in [0.15, 0.2) is 0 Å². The third-order valence-corrected chi connectivity index (χ3v) is 3.06. The fourth-order valence-electron chi connectivity index (χ4n) is 2.09. The van der Waals surface area contributed by atoms with Gasteiger partial charge in [0, 0.05) is 12.6 Å². The van der Waals surface area contributed by atoms with Gasteiger partial charge in [-0.2, -0.15) is 0 Å². The van der Waals surface area contributed by atoms with Gasteiger partial charge in [0.2, 0.25) is 0 Å². The molecule has 0 aliphatic carbocycles. The Balaban J connectivity index is 2.29. The first-order valence-corrected chi connectivity index (χ1v) is 5.61. The van der Waals surface area contributed by atoms with Gasteiger partial charge in [-0.15, -0.1) is 0 Å². The quantitative estimate of drug-likeness (QED) is 0.514. The van der Waals surface area contributed by atoms with E-state index in [1.807, 2.05) is 20.8 Å². The molecule has 2 heterocycles. The molecule has 2 rings (SSSR count). The number of rotatable bonds is 0. The normalized spacial score (nSPS) is 30.0. The second kappa shape index (κ2) is 3.46. The average Bonchev–Trinajstić information content (AvgIpc) is 2.40. The van der Waals surface area contributed by atoms with Gasteiger partial charge in [0.05, 0.1) is 0 Å². The smallest absolute Gasteiger partial charge is 0.323 e. The van der Waals surface area contributed by atoms with Crippen LogP contribution in [-0.2, 0) is 0 Å². The number of fused-ring (bicyclic) bond motifs is 1. The van der Waals surface area contributed by atoms with Crippen molar-refractivity contribution in [2.24, 2.45) is 0 Å². The number of thiocarbonyl (C=S) groups is 1. The number of hydrogen-bond donors (Lipinski definition) is 3. The average molecular weight is 243 g/mol. The molecule has 0 bridgehead atoms. The van der Waals surface area contributed by atoms with Crippen LogP contribution in [0, 0.1) is 0 Å². The van der Waals surface area contributed by atoms with E-state index < -0.39 is 0 Å². The second-order valence-corrected chi connectivity index (χ2v) is 5.48. The Kier molecular flexibility index (Phi) is 2.47. The van der Waals surface area contributed by atoms with Gasteiger partial charge < -0.3 is 10.2 Å². The van der Waals surface area contributed by atoms with Gasteiger partial charge in [0.1, 0.15) is 12.3 Å². The van der Waals surface area contributed by atoms with Crippen LogP contribution in [0.4, 0.5) is 4.79 Å². The predicted molar refractivity (Wildman–Crippen MR) is 64.3 cm³/mol. The Morgan fingerprint density at radius 3 is 2.50 bits per heavy atom. The van der Waals surface area contributed by atoms with Gasteiger partial charge >= 0.3 is 6.03 Å². The van der Waals surface area contributed by atoms with Crippen molar-refractivity contribution in [1.29, 1.82) is 0 Å². The lowest BCUT2D eigenvalue weighted by atomic mass is 10.1. The predicted octanol–water partition coefficient (Wildman–Crippen LogP) is -0.213. The Labute approximate surface area is 100 Å². The summed E-state index contributed by atoms with van der Waals surface area (Å²) in [7, 11) is 1.77. The van der Waals surface area contributed by atoms with Gasteiger partial charge in [-0.3, -0.25) is 10.3 Å². The highest BCUT2D eigenvalue weighted by atomic mass is 32.1. The summed E-state index contributed by atoms with van der Waals surface area (Å²) >= 11 is 5.01. The molecule has 2 fully saturated rings. The maximum absolute atomic E-state index is 12.1. The number of nitrogens with zero attached hydrogens (tertiary/aromatic N) is 2. The lowest BCUT2D eigenvalue weighted by Crippen LogP contribution is -2.69. The summed E-state index contributed by atoms with van der Waals surface area (Å²) in [6, 6.07) is -0.00556. The van der Waals surface area contributed by atoms with Crippen LogP contribution >= 0.6 is 12.2 Å². The highest BCUT2D eigenvalue weighted by molar-refractivity contribution is 7.80. The molecule has 7 heteroatoms. The van der Waals surface area contributed by atoms with Crippen molar-refractivity contribution in [1.82, 2.24) is 26.0 Å². The molecule has 0 spiro atoms. The van der Waals surface area contributed by atoms with Crippen LogP contribution in [0.2, 0.25) is 0 Å². The summed E-state index contributed by atoms with van der Waals surface area (Å²) in [4.78, 5) is 15.6. The van der Waals surface area contributed by atoms with Crippen molar-refractivity contribution >= 4 is 23.4 Å². The zero-order valence-electron chi connectivity index (χ0n) is 9.87. The molecule has 0 aromatic rings. The zero-order chi connectivity index (χ0) is 12.1. The second-order valence-electron chi connectivity index (χ2n) is 5.07. The molecule has 2 unspecified atom stereocenters. The Morgan fingerprint density at radius 1 is 1.31 bits per heavy atom. The molecular weight excluding hydrogens is 226 g/mol. The lowest BCUT2D eigenvalue weighted by molar-refractivity contribution is 0.106. The van der Waals surface area contributed by atoms with Crippen molar-refractivity contribution < 1.29 is 4.79 Å². The molecule has 2 aliphatic heterocycles. The number of carbonyl (C=O) groups is 1. The van der Waals surface area contributed by atoms with Gasteiger partial charge in [0.25, 0.3) is 0 Å². The molecule has 90 valence electrons. The summed E-state index contributed by atoms with van der Waals surface area (Å²) in [5.41, 5.74) is 5.67. The van der Waals surface area contributed by atoms with Gasteiger partial charge in [-0.05, 0) is 33.0 Å². The highest BCUT2D eigenvalue weighted by Crippen LogP contribution is 2.27. The fraction of sp³-hybridized carbons (Fsp3) is 0.778. The van der Waals surface area contributed by atoms with E-state index in [0.717, 1.165) is 0 Å². The molecule has 0 aromatic carbocycles. The SMILES string of the molecule is CN1C(=O)N(C(C)(C)C)C2NNC(=S)NC21. The number of likely N-dealkylation sites (N-methyl/N-ethyl adjacent to an activating group) is 1. The van der Waals surface area contributed by atoms with E-state index in [-0.39, 0.29) is 23.9 Å². The van der Waals surface area contributed by atoms with Crippen LogP contribution in [0.5, 0.6) is 0 Å². The number of amides is 2. The van der Waals surface area contributed by atoms with Crippen molar-refractivity contribution in [2.45, 2.75) is 38.6 Å². The molecular formula is C9H17N5OS. The third kappa shape index (κ3) is 1.60. The molecule has 0 saturated carbocycles. The number of hydrogen-bond acceptors (Lipinski definition) is 3. The minimum atomic E-state index is -0.236. The number of carbonyl (C=O) groups excluding carboxylic acids is 1. The van der Waals surface area contributed by atoms with E-state index in [1.165, 1.54) is 0 Å². The highest BCUT2D eigenvalue weighted by Gasteiger charge is 2.50. The molecule has 0 aromatic heterocycles. The van der Waals surface area contributed by atoms with Crippen LogP contribution < -0.4 is 16.2 Å². The topological polar surface area (TPSA) is 59.6 Å². The standard InChI is InChI=1S/C9H17N5OS/c1-9(2,3)14-6-5(13(4)8(14)15)10-7(16)12-11-6/h5-6,11H,1-4H3,(H2,10,12,16). The summed E-state index contributed by atoms with van der Waals surface area (Å²) < 4.78 is 0. The molecule has 16 heavy (non-hydrogen) atoms. The number of hydrazine groups is 1. The van der Waals surface area contributed by atoms with Crippen LogP contribution in [0.25, 0.3) is 0 Å². The zero-order valence-corrected chi connectivity index (χ0v) is 10.7. The molecule has 0 radical (unpaired) electrons. The van der Waals surface area contributed by atoms with Crippen molar-refractivity contribution in [3.8, 4) is 0 Å². The summed E-state index contributed by atoms with van der Waals surface area (Å²) in [5.74, 6) is 0. The fourth-order valence-corrected chi connectivity index (χ4v) is 2.27. The molecule has 2 atom stereocenters. The summed E-state index contributed by atoms with van der Waals surface area (Å²) in [6.45, 7) is 6.03. The van der Waals surface area contributed by atoms with Gasteiger partial charge in [-0.1, -0.05) is 0 Å². The Bertz CT molecular complexity index is 339. The summed E-state index contributed by atoms with van der Waals surface area (Å²) in [5, 5.41) is 3.59. The third-order valence-electron chi connectivity index (χ3n) is 2.84. The Hall–Kier alpha value is -1.08. The summed E-state index contributed by atoms with van der Waals surface area (Å²) in [6.07, 6.45) is -0.246. The van der Waals surface area contributed by atoms with E-state index in [4.69, 9.17) is 12.2 Å². The first kappa shape index (κ1) is 11.4. The van der Waals surface area contributed by atoms with Gasteiger partial charge in [0.15, 0.2) is 5.11 Å². The first-order chi connectivity index (χ1) is 7.32. The molecule has 3 N–H and O–H groups in total. The Morgan fingerprint density at radius 2 is 1.94 bits per heavy atom. The van der Waals surface area contributed by atoms with Crippen molar-refractivity contribution in [3.05, 3.63) is 0 Å². The number of nitrogens with one attached hydrogen (secondary N) is 3. The minimum Gasteiger partial charge on any atom is -0.338 e. The van der Waals surface area contributed by atoms with Crippen molar-refractivity contribution in [3.63, 3.8) is 0 Å². The van der Waals surface area contributed by atoms with E-state index >= 15 is 0 Å². The van der Waals surface area contributed by atoms with Crippen molar-refractivity contribution in [2.75, 3.05) is 7.05 Å². The minimum absolute atomic E-state index is 0.00556. The van der Waals surface area contributed by atoms with E-state index in [9.17, 15) is 4.79 Å². The van der Waals surface area contributed by atoms with Crippen LogP contribution in [-0.4, -0.2) is 45.9 Å². The van der Waals surface area contributed by atoms with E-state index in [1.54, 1.807) is 16.8 Å². The van der Waals surface area contributed by atoms with E-state index in [0.29, 0.717) is 5.11 Å². The van der Waals surface area contributed by atoms with Crippen LogP contribution in [0.1, 0.15) is 20.8 Å². The molecule has 2 amide bonds. The lowest BCUT2D eigenvalue weighted by Gasteiger charge is -2.39. The maximum Gasteiger partial charge on any atom is 0.323 e. The van der Waals surface area contributed by atoms with Crippen LogP contribution in [0.3, 0.4) is 0 Å². The first-order valence-electron chi connectivity index (χ1n) is 5.20. The monoisotopic (exact) mass is 243 g/mol. The number of urea groups is 1.